The fourth-order valence-corrected chi connectivity index (χ4v) is 5.78. The van der Waals surface area contributed by atoms with Crippen LogP contribution in [-0.2, 0) is 22.9 Å². The van der Waals surface area contributed by atoms with Crippen molar-refractivity contribution in [3.05, 3.63) is 65.9 Å². The highest BCUT2D eigenvalue weighted by molar-refractivity contribution is 7.89. The van der Waals surface area contributed by atoms with E-state index >= 15 is 0 Å². The zero-order valence-electron chi connectivity index (χ0n) is 17.8. The van der Waals surface area contributed by atoms with Crippen molar-refractivity contribution in [3.63, 3.8) is 0 Å². The molecule has 1 fully saturated rings. The van der Waals surface area contributed by atoms with Gasteiger partial charge in [0.25, 0.3) is 0 Å². The van der Waals surface area contributed by atoms with E-state index in [4.69, 9.17) is 0 Å². The second-order valence-electron chi connectivity index (χ2n) is 8.15. The van der Waals surface area contributed by atoms with Crippen LogP contribution in [0.15, 0.2) is 59.6 Å². The molecule has 1 N–H and O–H groups in total. The molecule has 0 radical (unpaired) electrons. The van der Waals surface area contributed by atoms with Gasteiger partial charge in [0.2, 0.25) is 10.0 Å². The molecule has 3 aromatic rings. The number of fused-ring (bicyclic) bond motifs is 1. The number of nitrogens with one attached hydrogen (secondary N) is 1. The second-order valence-corrected chi connectivity index (χ2v) is 10.1. The molecule has 0 saturated carbocycles. The molecule has 166 valence electrons. The monoisotopic (exact) mass is 450 g/mol. The van der Waals surface area contributed by atoms with Gasteiger partial charge in [0.1, 0.15) is 5.82 Å². The topological polar surface area (TPSA) is 91.3 Å². The van der Waals surface area contributed by atoms with Gasteiger partial charge in [-0.2, -0.15) is 4.31 Å². The van der Waals surface area contributed by atoms with Crippen molar-refractivity contribution in [2.45, 2.75) is 30.6 Å². The largest absolute Gasteiger partial charge is 0.352 e. The molecule has 8 nitrogen and oxygen atoms in total. The van der Waals surface area contributed by atoms with Crippen LogP contribution in [0.2, 0.25) is 0 Å². The molecule has 1 saturated heterocycles. The molecule has 0 unspecified atom stereocenters. The molecule has 2 aromatic heterocycles. The minimum absolute atomic E-state index is 0.413. The summed E-state index contributed by atoms with van der Waals surface area (Å²) in [5.74, 6) is 2.05. The molecular weight excluding hydrogens is 424 g/mol. The molecule has 0 amide bonds. The molecule has 9 heteroatoms. The van der Waals surface area contributed by atoms with E-state index in [0.717, 1.165) is 25.1 Å². The molecule has 1 aliphatic heterocycles. The predicted octanol–water partition coefficient (Wildman–Crippen LogP) is 3.00. The van der Waals surface area contributed by atoms with E-state index in [2.05, 4.69) is 25.4 Å². The van der Waals surface area contributed by atoms with Crippen molar-refractivity contribution in [3.8, 4) is 0 Å². The van der Waals surface area contributed by atoms with Crippen molar-refractivity contribution in [2.75, 3.05) is 36.4 Å². The van der Waals surface area contributed by atoms with E-state index in [-0.39, 0.29) is 0 Å². The minimum atomic E-state index is -3.49. The van der Waals surface area contributed by atoms with Gasteiger partial charge in [-0.05, 0) is 73.2 Å². The van der Waals surface area contributed by atoms with Gasteiger partial charge in [0.05, 0.1) is 4.90 Å². The molecule has 0 bridgehead atoms. The fourth-order valence-electron chi connectivity index (χ4n) is 4.31. The standard InChI is InChI=1S/C23H26N6O2S/c30-32(31,20-9-8-18-5-1-2-6-19(18)17-20)29-15-13-28(14-16-29)23-11-10-22(26-27-23)25-21-7-3-4-12-24-21/h3-4,7-12,17H,1-2,5-6,13-16H2,(H,24,25,26). The molecule has 5 rings (SSSR count). The Balaban J connectivity index is 1.23. The third-order valence-corrected chi connectivity index (χ3v) is 7.99. The maximum atomic E-state index is 13.2. The Morgan fingerprint density at radius 2 is 1.62 bits per heavy atom. The first-order valence-corrected chi connectivity index (χ1v) is 12.4. The summed E-state index contributed by atoms with van der Waals surface area (Å²) in [6.07, 6.45) is 6.04. The van der Waals surface area contributed by atoms with Gasteiger partial charge in [0, 0.05) is 32.4 Å². The lowest BCUT2D eigenvalue weighted by molar-refractivity contribution is 0.383. The van der Waals surface area contributed by atoms with E-state index in [1.165, 1.54) is 17.5 Å². The number of piperazine rings is 1. The number of anilines is 3. The van der Waals surface area contributed by atoms with Gasteiger partial charge in [-0.1, -0.05) is 12.1 Å². The van der Waals surface area contributed by atoms with E-state index in [1.54, 1.807) is 16.6 Å². The van der Waals surface area contributed by atoms with Gasteiger partial charge in [-0.15, -0.1) is 10.2 Å². The van der Waals surface area contributed by atoms with E-state index in [0.29, 0.717) is 42.7 Å². The maximum absolute atomic E-state index is 13.2. The Morgan fingerprint density at radius 3 is 2.34 bits per heavy atom. The normalized spacial score (nSPS) is 17.1. The van der Waals surface area contributed by atoms with E-state index in [1.807, 2.05) is 42.5 Å². The predicted molar refractivity (Wildman–Crippen MR) is 124 cm³/mol. The van der Waals surface area contributed by atoms with Gasteiger partial charge in [0.15, 0.2) is 11.6 Å². The van der Waals surface area contributed by atoms with Crippen molar-refractivity contribution in [1.29, 1.82) is 0 Å². The number of aromatic nitrogens is 3. The Morgan fingerprint density at radius 1 is 0.812 bits per heavy atom. The molecule has 1 aromatic carbocycles. The van der Waals surface area contributed by atoms with Gasteiger partial charge < -0.3 is 10.2 Å². The average Bonchev–Trinajstić information content (AvgIpc) is 2.85. The van der Waals surface area contributed by atoms with Crippen LogP contribution in [0.5, 0.6) is 0 Å². The summed E-state index contributed by atoms with van der Waals surface area (Å²) >= 11 is 0. The molecule has 3 heterocycles. The molecular formula is C23H26N6O2S. The number of rotatable bonds is 5. The van der Waals surface area contributed by atoms with E-state index < -0.39 is 10.0 Å². The van der Waals surface area contributed by atoms with Crippen LogP contribution >= 0.6 is 0 Å². The highest BCUT2D eigenvalue weighted by Crippen LogP contribution is 2.26. The van der Waals surface area contributed by atoms with Gasteiger partial charge in [-0.3, -0.25) is 0 Å². The van der Waals surface area contributed by atoms with Gasteiger partial charge in [-0.25, -0.2) is 13.4 Å². The summed E-state index contributed by atoms with van der Waals surface area (Å²) in [5.41, 5.74) is 2.48. The van der Waals surface area contributed by atoms with Crippen LogP contribution in [-0.4, -0.2) is 54.1 Å². The highest BCUT2D eigenvalue weighted by Gasteiger charge is 2.29. The Kier molecular flexibility index (Phi) is 5.75. The summed E-state index contributed by atoms with van der Waals surface area (Å²) in [6, 6.07) is 15.0. The average molecular weight is 451 g/mol. The summed E-state index contributed by atoms with van der Waals surface area (Å²) in [5, 5.41) is 11.7. The lowest BCUT2D eigenvalue weighted by Gasteiger charge is -2.34. The number of benzene rings is 1. The number of pyridine rings is 1. The fraction of sp³-hybridized carbons (Fsp3) is 0.348. The zero-order valence-corrected chi connectivity index (χ0v) is 18.6. The smallest absolute Gasteiger partial charge is 0.243 e. The summed E-state index contributed by atoms with van der Waals surface area (Å²) in [6.45, 7) is 2.00. The first-order chi connectivity index (χ1) is 15.6. The lowest BCUT2D eigenvalue weighted by Crippen LogP contribution is -2.49. The van der Waals surface area contributed by atoms with Crippen LogP contribution in [0, 0.1) is 0 Å². The van der Waals surface area contributed by atoms with Crippen molar-refractivity contribution in [2.24, 2.45) is 0 Å². The van der Waals surface area contributed by atoms with Crippen molar-refractivity contribution in [1.82, 2.24) is 19.5 Å². The molecule has 1 aliphatic carbocycles. The Labute approximate surface area is 188 Å². The quantitative estimate of drug-likeness (QED) is 0.639. The Bertz CT molecular complexity index is 1180. The number of sulfonamides is 1. The number of hydrogen-bond acceptors (Lipinski definition) is 7. The lowest BCUT2D eigenvalue weighted by atomic mass is 9.92. The van der Waals surface area contributed by atoms with Gasteiger partial charge >= 0.3 is 0 Å². The first kappa shape index (κ1) is 20.8. The van der Waals surface area contributed by atoms with Crippen LogP contribution < -0.4 is 10.2 Å². The van der Waals surface area contributed by atoms with E-state index in [9.17, 15) is 8.42 Å². The maximum Gasteiger partial charge on any atom is 0.243 e. The molecule has 32 heavy (non-hydrogen) atoms. The van der Waals surface area contributed by atoms with Crippen molar-refractivity contribution >= 4 is 27.5 Å². The third kappa shape index (κ3) is 4.31. The van der Waals surface area contributed by atoms with Crippen LogP contribution in [0.25, 0.3) is 0 Å². The number of hydrogen-bond donors (Lipinski definition) is 1. The van der Waals surface area contributed by atoms with Crippen LogP contribution in [0.3, 0.4) is 0 Å². The third-order valence-electron chi connectivity index (χ3n) is 6.09. The molecule has 2 aliphatic rings. The summed E-state index contributed by atoms with van der Waals surface area (Å²) in [7, 11) is -3.49. The molecule has 0 atom stereocenters. The molecule has 0 spiro atoms. The minimum Gasteiger partial charge on any atom is -0.352 e. The van der Waals surface area contributed by atoms with Crippen LogP contribution in [0.1, 0.15) is 24.0 Å². The first-order valence-electron chi connectivity index (χ1n) is 11.0. The summed E-state index contributed by atoms with van der Waals surface area (Å²) < 4.78 is 28.0. The zero-order chi connectivity index (χ0) is 22.0. The SMILES string of the molecule is O=S(=O)(c1ccc2c(c1)CCCC2)N1CCN(c2ccc(Nc3ccccn3)nn2)CC1. The summed E-state index contributed by atoms with van der Waals surface area (Å²) in [4.78, 5) is 6.69. The second kappa shape index (κ2) is 8.84. The number of nitrogens with zero attached hydrogens (tertiary/aromatic N) is 5. The highest BCUT2D eigenvalue weighted by atomic mass is 32.2. The van der Waals surface area contributed by atoms with Crippen molar-refractivity contribution < 1.29 is 8.42 Å². The van der Waals surface area contributed by atoms with Crippen LogP contribution in [0.4, 0.5) is 17.5 Å². The number of aryl methyl sites for hydroxylation is 2. The Hall–Kier alpha value is -3.04.